The summed E-state index contributed by atoms with van der Waals surface area (Å²) in [5.74, 6) is 0.911. The maximum absolute atomic E-state index is 9.73. The van der Waals surface area contributed by atoms with Gasteiger partial charge in [0.1, 0.15) is 6.29 Å². The molecule has 0 saturated heterocycles. The largest absolute Gasteiger partial charge is 0.303 e. The van der Waals surface area contributed by atoms with Crippen LogP contribution in [0.25, 0.3) is 0 Å². The van der Waals surface area contributed by atoms with Crippen LogP contribution in [0.3, 0.4) is 0 Å². The van der Waals surface area contributed by atoms with Crippen LogP contribution in [0.1, 0.15) is 13.3 Å². The molecule has 0 N–H and O–H groups in total. The average Bonchev–Trinajstić information content (AvgIpc) is 1.81. The molecule has 0 aliphatic carbocycles. The molecule has 0 aliphatic rings. The van der Waals surface area contributed by atoms with Gasteiger partial charge < -0.3 is 4.79 Å². The summed E-state index contributed by atoms with van der Waals surface area (Å²) in [4.78, 5) is 9.73. The van der Waals surface area contributed by atoms with E-state index in [4.69, 9.17) is 0 Å². The molecule has 0 unspecified atom stereocenters. The maximum Gasteiger partial charge on any atom is 0.120 e. The average molecular weight is 130 g/mol. The standard InChI is InChI=1S/C6H10OS/c1-2-5-8-6-3-4-7/h2,4-5H,3,6H2,1H3. The van der Waals surface area contributed by atoms with E-state index < -0.39 is 0 Å². The molecule has 0 bridgehead atoms. The van der Waals surface area contributed by atoms with Gasteiger partial charge in [0.15, 0.2) is 0 Å². The summed E-state index contributed by atoms with van der Waals surface area (Å²) < 4.78 is 0. The molecule has 0 aromatic heterocycles. The van der Waals surface area contributed by atoms with Gasteiger partial charge in [0.2, 0.25) is 0 Å². The molecule has 1 nitrogen and oxygen atoms in total. The van der Waals surface area contributed by atoms with Gasteiger partial charge in [0.25, 0.3) is 0 Å². The third kappa shape index (κ3) is 5.76. The predicted octanol–water partition coefficient (Wildman–Crippen LogP) is 1.84. The van der Waals surface area contributed by atoms with E-state index in [-0.39, 0.29) is 0 Å². The van der Waals surface area contributed by atoms with E-state index in [1.165, 1.54) is 0 Å². The fourth-order valence-corrected chi connectivity index (χ4v) is 0.841. The van der Waals surface area contributed by atoms with Crippen molar-refractivity contribution in [3.63, 3.8) is 0 Å². The Bertz CT molecular complexity index is 78.6. The lowest BCUT2D eigenvalue weighted by atomic mass is 10.6. The maximum atomic E-state index is 9.73. The monoisotopic (exact) mass is 130 g/mol. The Balaban J connectivity index is 2.82. The molecule has 0 rings (SSSR count). The molecule has 0 aromatic carbocycles. The summed E-state index contributed by atoms with van der Waals surface area (Å²) >= 11 is 1.67. The smallest absolute Gasteiger partial charge is 0.120 e. The lowest BCUT2D eigenvalue weighted by molar-refractivity contribution is -0.107. The van der Waals surface area contributed by atoms with Crippen molar-refractivity contribution in [2.45, 2.75) is 13.3 Å². The predicted molar refractivity (Wildman–Crippen MR) is 38.0 cm³/mol. The molecule has 0 heterocycles. The van der Waals surface area contributed by atoms with E-state index in [2.05, 4.69) is 0 Å². The number of hydrogen-bond acceptors (Lipinski definition) is 2. The van der Waals surface area contributed by atoms with Gasteiger partial charge in [-0.25, -0.2) is 0 Å². The highest BCUT2D eigenvalue weighted by Crippen LogP contribution is 2.01. The van der Waals surface area contributed by atoms with Crippen molar-refractivity contribution in [3.05, 3.63) is 11.5 Å². The van der Waals surface area contributed by atoms with Crippen molar-refractivity contribution >= 4 is 18.0 Å². The highest BCUT2D eigenvalue weighted by atomic mass is 32.2. The van der Waals surface area contributed by atoms with Gasteiger partial charge >= 0.3 is 0 Å². The highest BCUT2D eigenvalue weighted by Gasteiger charge is 1.78. The first kappa shape index (κ1) is 7.76. The molecule has 0 amide bonds. The van der Waals surface area contributed by atoms with Crippen LogP contribution < -0.4 is 0 Å². The second-order valence-corrected chi connectivity index (χ2v) is 2.31. The third-order valence-electron chi connectivity index (χ3n) is 0.586. The molecular weight excluding hydrogens is 120 g/mol. The zero-order valence-electron chi connectivity index (χ0n) is 4.96. The van der Waals surface area contributed by atoms with Crippen molar-refractivity contribution < 1.29 is 4.79 Å². The summed E-state index contributed by atoms with van der Waals surface area (Å²) in [5.41, 5.74) is 0. The quantitative estimate of drug-likeness (QED) is 0.426. The Kier molecular flexibility index (Phi) is 6.56. The molecule has 0 radical (unpaired) electrons. The van der Waals surface area contributed by atoms with Crippen LogP contribution in [0.5, 0.6) is 0 Å². The second-order valence-electron chi connectivity index (χ2n) is 1.30. The molecule has 0 fully saturated rings. The van der Waals surface area contributed by atoms with E-state index in [9.17, 15) is 4.79 Å². The molecule has 0 saturated carbocycles. The van der Waals surface area contributed by atoms with Crippen LogP contribution in [0.2, 0.25) is 0 Å². The number of aldehydes is 1. The van der Waals surface area contributed by atoms with Crippen molar-refractivity contribution in [2.24, 2.45) is 0 Å². The Morgan fingerprint density at radius 1 is 1.62 bits per heavy atom. The van der Waals surface area contributed by atoms with E-state index in [0.29, 0.717) is 6.42 Å². The molecule has 46 valence electrons. The zero-order chi connectivity index (χ0) is 6.24. The van der Waals surface area contributed by atoms with Crippen molar-refractivity contribution in [3.8, 4) is 0 Å². The minimum atomic E-state index is 0.662. The second kappa shape index (κ2) is 6.76. The zero-order valence-corrected chi connectivity index (χ0v) is 5.78. The van der Waals surface area contributed by atoms with Crippen LogP contribution >= 0.6 is 11.8 Å². The van der Waals surface area contributed by atoms with Gasteiger partial charge in [0.05, 0.1) is 0 Å². The van der Waals surface area contributed by atoms with Crippen LogP contribution in [0, 0.1) is 0 Å². The number of allylic oxidation sites excluding steroid dienone is 1. The molecular formula is C6H10OS. The summed E-state index contributed by atoms with van der Waals surface area (Å²) in [6, 6.07) is 0. The molecule has 0 spiro atoms. The molecule has 8 heavy (non-hydrogen) atoms. The van der Waals surface area contributed by atoms with Crippen molar-refractivity contribution in [2.75, 3.05) is 5.75 Å². The Labute approximate surface area is 54.2 Å². The first-order valence-electron chi connectivity index (χ1n) is 2.58. The fraction of sp³-hybridized carbons (Fsp3) is 0.500. The molecule has 0 aromatic rings. The lowest BCUT2D eigenvalue weighted by Gasteiger charge is -1.83. The van der Waals surface area contributed by atoms with E-state index in [1.807, 2.05) is 18.4 Å². The fourth-order valence-electron chi connectivity index (χ4n) is 0.280. The van der Waals surface area contributed by atoms with E-state index in [1.54, 1.807) is 11.8 Å². The minimum Gasteiger partial charge on any atom is -0.303 e. The van der Waals surface area contributed by atoms with Crippen LogP contribution in [-0.2, 0) is 4.79 Å². The topological polar surface area (TPSA) is 17.1 Å². The lowest BCUT2D eigenvalue weighted by Crippen LogP contribution is -1.75. The van der Waals surface area contributed by atoms with E-state index in [0.717, 1.165) is 12.0 Å². The Hall–Kier alpha value is -0.240. The molecule has 2 heteroatoms. The van der Waals surface area contributed by atoms with Crippen molar-refractivity contribution in [1.29, 1.82) is 0 Å². The highest BCUT2D eigenvalue weighted by molar-refractivity contribution is 8.02. The van der Waals surface area contributed by atoms with Gasteiger partial charge in [-0.15, -0.1) is 11.8 Å². The van der Waals surface area contributed by atoms with E-state index >= 15 is 0 Å². The van der Waals surface area contributed by atoms with Gasteiger partial charge in [0, 0.05) is 12.2 Å². The summed E-state index contributed by atoms with van der Waals surface area (Å²) in [6.07, 6.45) is 3.57. The number of carbonyl (C=O) groups excluding carboxylic acids is 1. The molecule has 0 atom stereocenters. The Morgan fingerprint density at radius 2 is 2.38 bits per heavy atom. The number of rotatable bonds is 4. The number of thioether (sulfide) groups is 1. The number of carbonyl (C=O) groups is 1. The van der Waals surface area contributed by atoms with Crippen LogP contribution in [0.4, 0.5) is 0 Å². The third-order valence-corrected chi connectivity index (χ3v) is 1.52. The van der Waals surface area contributed by atoms with Gasteiger partial charge in [-0.2, -0.15) is 0 Å². The minimum absolute atomic E-state index is 0.662. The van der Waals surface area contributed by atoms with Crippen LogP contribution in [-0.4, -0.2) is 12.0 Å². The SMILES string of the molecule is CC=CSCCC=O. The Morgan fingerprint density at radius 3 is 2.88 bits per heavy atom. The summed E-state index contributed by atoms with van der Waals surface area (Å²) in [5, 5.41) is 1.99. The van der Waals surface area contributed by atoms with Gasteiger partial charge in [-0.05, 0) is 12.3 Å². The first-order valence-corrected chi connectivity index (χ1v) is 3.63. The van der Waals surface area contributed by atoms with Gasteiger partial charge in [-0.3, -0.25) is 0 Å². The van der Waals surface area contributed by atoms with Crippen LogP contribution in [0.15, 0.2) is 11.5 Å². The van der Waals surface area contributed by atoms with Gasteiger partial charge in [-0.1, -0.05) is 6.08 Å². The first-order chi connectivity index (χ1) is 3.91. The summed E-state index contributed by atoms with van der Waals surface area (Å²) in [6.45, 7) is 1.97. The normalized spacial score (nSPS) is 10.1. The molecule has 0 aliphatic heterocycles. The number of hydrogen-bond donors (Lipinski definition) is 0. The van der Waals surface area contributed by atoms with Crippen molar-refractivity contribution in [1.82, 2.24) is 0 Å². The summed E-state index contributed by atoms with van der Waals surface area (Å²) in [7, 11) is 0.